The topological polar surface area (TPSA) is 66.6 Å². The molecular formula is C12H22N2O2. The number of likely N-dealkylation sites (tertiary alicyclic amines) is 1. The van der Waals surface area contributed by atoms with Crippen molar-refractivity contribution in [2.45, 2.75) is 38.1 Å². The van der Waals surface area contributed by atoms with Crippen LogP contribution in [0.4, 0.5) is 0 Å². The second-order valence-corrected chi connectivity index (χ2v) is 5.21. The van der Waals surface area contributed by atoms with Crippen molar-refractivity contribution in [3.8, 4) is 0 Å². The molecule has 2 rings (SSSR count). The normalized spacial score (nSPS) is 27.1. The molecule has 1 aliphatic carbocycles. The summed E-state index contributed by atoms with van der Waals surface area (Å²) in [6.45, 7) is 1.89. The van der Waals surface area contributed by atoms with Crippen LogP contribution in [0.15, 0.2) is 0 Å². The first-order chi connectivity index (χ1) is 7.70. The molecule has 1 saturated carbocycles. The van der Waals surface area contributed by atoms with Crippen molar-refractivity contribution in [3.63, 3.8) is 0 Å². The SMILES string of the molecule is NC(CC(=O)N1CCC(CCO)C1)C1CC1. The van der Waals surface area contributed by atoms with Crippen molar-refractivity contribution in [2.24, 2.45) is 17.6 Å². The fraction of sp³-hybridized carbons (Fsp3) is 0.917. The standard InChI is InChI=1S/C12H22N2O2/c13-11(10-1-2-10)7-12(16)14-5-3-9(8-14)4-6-15/h9-11,15H,1-8,13H2. The molecule has 16 heavy (non-hydrogen) atoms. The summed E-state index contributed by atoms with van der Waals surface area (Å²) >= 11 is 0. The van der Waals surface area contributed by atoms with Crippen molar-refractivity contribution in [2.75, 3.05) is 19.7 Å². The van der Waals surface area contributed by atoms with Gasteiger partial charge in [0.05, 0.1) is 0 Å². The zero-order valence-electron chi connectivity index (χ0n) is 9.77. The van der Waals surface area contributed by atoms with Gasteiger partial charge in [-0.25, -0.2) is 0 Å². The van der Waals surface area contributed by atoms with Gasteiger partial charge in [-0.15, -0.1) is 0 Å². The highest BCUT2D eigenvalue weighted by molar-refractivity contribution is 5.77. The molecule has 4 heteroatoms. The molecule has 0 aromatic heterocycles. The Morgan fingerprint density at radius 3 is 2.81 bits per heavy atom. The summed E-state index contributed by atoms with van der Waals surface area (Å²) in [7, 11) is 0. The molecule has 0 aromatic rings. The highest BCUT2D eigenvalue weighted by Gasteiger charge is 2.32. The van der Waals surface area contributed by atoms with Crippen LogP contribution < -0.4 is 5.73 Å². The summed E-state index contributed by atoms with van der Waals surface area (Å²) in [5, 5.41) is 8.85. The second kappa shape index (κ2) is 5.15. The summed E-state index contributed by atoms with van der Waals surface area (Å²) in [6, 6.07) is 0.0735. The average Bonchev–Trinajstić information content (AvgIpc) is 3.00. The van der Waals surface area contributed by atoms with E-state index >= 15 is 0 Å². The molecule has 0 aromatic carbocycles. The van der Waals surface area contributed by atoms with E-state index in [1.807, 2.05) is 4.90 Å². The molecule has 1 amide bonds. The Bertz CT molecular complexity index is 253. The summed E-state index contributed by atoms with van der Waals surface area (Å²) in [4.78, 5) is 13.8. The number of hydrogen-bond donors (Lipinski definition) is 2. The van der Waals surface area contributed by atoms with Gasteiger partial charge in [-0.2, -0.15) is 0 Å². The maximum atomic E-state index is 11.9. The van der Waals surface area contributed by atoms with Crippen molar-refractivity contribution >= 4 is 5.91 Å². The second-order valence-electron chi connectivity index (χ2n) is 5.21. The van der Waals surface area contributed by atoms with Crippen LogP contribution in [0, 0.1) is 11.8 Å². The van der Waals surface area contributed by atoms with Crippen LogP contribution in [-0.2, 0) is 4.79 Å². The zero-order valence-corrected chi connectivity index (χ0v) is 9.77. The first-order valence-corrected chi connectivity index (χ1v) is 6.35. The maximum Gasteiger partial charge on any atom is 0.224 e. The summed E-state index contributed by atoms with van der Waals surface area (Å²) in [5.41, 5.74) is 5.95. The Morgan fingerprint density at radius 2 is 2.19 bits per heavy atom. The van der Waals surface area contributed by atoms with Gasteiger partial charge in [0.25, 0.3) is 0 Å². The van der Waals surface area contributed by atoms with Crippen LogP contribution >= 0.6 is 0 Å². The van der Waals surface area contributed by atoms with Crippen molar-refractivity contribution in [3.05, 3.63) is 0 Å². The lowest BCUT2D eigenvalue weighted by molar-refractivity contribution is -0.130. The lowest BCUT2D eigenvalue weighted by Gasteiger charge is -2.19. The van der Waals surface area contributed by atoms with Gasteiger partial charge in [-0.05, 0) is 37.5 Å². The number of amides is 1. The molecule has 0 radical (unpaired) electrons. The Kier molecular flexibility index (Phi) is 3.82. The van der Waals surface area contributed by atoms with E-state index in [1.54, 1.807) is 0 Å². The van der Waals surface area contributed by atoms with Gasteiger partial charge >= 0.3 is 0 Å². The fourth-order valence-electron chi connectivity index (χ4n) is 2.50. The van der Waals surface area contributed by atoms with Crippen molar-refractivity contribution in [1.82, 2.24) is 4.90 Å². The van der Waals surface area contributed by atoms with E-state index in [2.05, 4.69) is 0 Å². The van der Waals surface area contributed by atoms with Gasteiger partial charge in [0, 0.05) is 32.2 Å². The smallest absolute Gasteiger partial charge is 0.224 e. The molecule has 2 unspecified atom stereocenters. The molecule has 2 atom stereocenters. The Morgan fingerprint density at radius 1 is 1.44 bits per heavy atom. The monoisotopic (exact) mass is 226 g/mol. The van der Waals surface area contributed by atoms with Gasteiger partial charge in [0.1, 0.15) is 0 Å². The largest absolute Gasteiger partial charge is 0.396 e. The molecule has 2 aliphatic rings. The van der Waals surface area contributed by atoms with Crippen LogP contribution in [0.1, 0.15) is 32.1 Å². The van der Waals surface area contributed by atoms with E-state index in [0.717, 1.165) is 25.9 Å². The van der Waals surface area contributed by atoms with E-state index < -0.39 is 0 Å². The third kappa shape index (κ3) is 2.95. The molecule has 1 aliphatic heterocycles. The van der Waals surface area contributed by atoms with Gasteiger partial charge in [0.2, 0.25) is 5.91 Å². The third-order valence-electron chi connectivity index (χ3n) is 3.81. The van der Waals surface area contributed by atoms with E-state index in [-0.39, 0.29) is 18.6 Å². The molecular weight excluding hydrogens is 204 g/mol. The minimum Gasteiger partial charge on any atom is -0.396 e. The lowest BCUT2D eigenvalue weighted by Crippen LogP contribution is -2.35. The van der Waals surface area contributed by atoms with E-state index in [0.29, 0.717) is 18.3 Å². The van der Waals surface area contributed by atoms with E-state index in [9.17, 15) is 4.79 Å². The molecule has 0 spiro atoms. The summed E-state index contributed by atoms with van der Waals surface area (Å²) in [6.07, 6.45) is 4.75. The first kappa shape index (κ1) is 11.9. The number of nitrogens with zero attached hydrogens (tertiary/aromatic N) is 1. The predicted molar refractivity (Wildman–Crippen MR) is 61.7 cm³/mol. The number of hydrogen-bond acceptors (Lipinski definition) is 3. The van der Waals surface area contributed by atoms with Gasteiger partial charge in [0.15, 0.2) is 0 Å². The van der Waals surface area contributed by atoms with E-state index in [4.69, 9.17) is 10.8 Å². The van der Waals surface area contributed by atoms with Crippen LogP contribution in [0.3, 0.4) is 0 Å². The van der Waals surface area contributed by atoms with Gasteiger partial charge in [-0.1, -0.05) is 0 Å². The van der Waals surface area contributed by atoms with Crippen LogP contribution in [0.25, 0.3) is 0 Å². The number of carbonyl (C=O) groups excluding carboxylic acids is 1. The van der Waals surface area contributed by atoms with E-state index in [1.165, 1.54) is 12.8 Å². The Labute approximate surface area is 96.8 Å². The third-order valence-corrected chi connectivity index (χ3v) is 3.81. The lowest BCUT2D eigenvalue weighted by atomic mass is 10.1. The number of carbonyl (C=O) groups is 1. The number of aliphatic hydroxyl groups is 1. The first-order valence-electron chi connectivity index (χ1n) is 6.35. The highest BCUT2D eigenvalue weighted by atomic mass is 16.3. The molecule has 1 heterocycles. The molecule has 92 valence electrons. The fourth-order valence-corrected chi connectivity index (χ4v) is 2.50. The number of rotatable bonds is 5. The maximum absolute atomic E-state index is 11.9. The number of aliphatic hydroxyl groups excluding tert-OH is 1. The van der Waals surface area contributed by atoms with Gasteiger partial charge < -0.3 is 15.7 Å². The van der Waals surface area contributed by atoms with Crippen molar-refractivity contribution < 1.29 is 9.90 Å². The predicted octanol–water partition coefficient (Wildman–Crippen LogP) is 0.345. The molecule has 2 fully saturated rings. The number of nitrogens with two attached hydrogens (primary N) is 1. The van der Waals surface area contributed by atoms with Crippen molar-refractivity contribution in [1.29, 1.82) is 0 Å². The molecule has 3 N–H and O–H groups in total. The average molecular weight is 226 g/mol. The van der Waals surface area contributed by atoms with Crippen LogP contribution in [0.5, 0.6) is 0 Å². The summed E-state index contributed by atoms with van der Waals surface area (Å²) in [5.74, 6) is 1.30. The Hall–Kier alpha value is -0.610. The van der Waals surface area contributed by atoms with Crippen LogP contribution in [-0.4, -0.2) is 41.7 Å². The molecule has 0 bridgehead atoms. The zero-order chi connectivity index (χ0) is 11.5. The quantitative estimate of drug-likeness (QED) is 0.710. The Balaban J connectivity index is 1.73. The highest BCUT2D eigenvalue weighted by Crippen LogP contribution is 2.33. The molecule has 1 saturated heterocycles. The van der Waals surface area contributed by atoms with Gasteiger partial charge in [-0.3, -0.25) is 4.79 Å². The van der Waals surface area contributed by atoms with Crippen LogP contribution in [0.2, 0.25) is 0 Å². The molecule has 4 nitrogen and oxygen atoms in total. The minimum absolute atomic E-state index is 0.0735. The summed E-state index contributed by atoms with van der Waals surface area (Å²) < 4.78 is 0. The minimum atomic E-state index is 0.0735.